The smallest absolute Gasteiger partial charge is 0.152 e. The van der Waals surface area contributed by atoms with E-state index < -0.39 is 0 Å². The maximum absolute atomic E-state index is 11.1. The van der Waals surface area contributed by atoms with Crippen molar-refractivity contribution in [3.05, 3.63) is 143 Å². The average molecular weight is 533 g/mol. The second kappa shape index (κ2) is 14.6. The van der Waals surface area contributed by atoms with Crippen molar-refractivity contribution in [3.63, 3.8) is 0 Å². The van der Waals surface area contributed by atoms with Crippen LogP contribution >= 0.6 is 0 Å². The molecule has 0 saturated carbocycles. The number of aliphatic hydroxyl groups is 1. The molecule has 0 bridgehead atoms. The number of allylic oxidation sites excluding steroid dienone is 1. The zero-order valence-corrected chi connectivity index (χ0v) is 23.0. The molecular formula is C35H36N2O3. The van der Waals surface area contributed by atoms with Gasteiger partial charge in [0.15, 0.2) is 5.78 Å². The monoisotopic (exact) mass is 532 g/mol. The molecule has 0 saturated heterocycles. The number of ketones is 1. The third kappa shape index (κ3) is 7.79. The number of carbonyl (C=O) groups is 1. The summed E-state index contributed by atoms with van der Waals surface area (Å²) in [5.41, 5.74) is 6.87. The maximum Gasteiger partial charge on any atom is 0.152 e. The van der Waals surface area contributed by atoms with Crippen molar-refractivity contribution in [2.45, 2.75) is 26.0 Å². The Balaban J connectivity index is 0.00000181. The molecule has 5 rings (SSSR count). The lowest BCUT2D eigenvalue weighted by atomic mass is 10.0. The van der Waals surface area contributed by atoms with Crippen LogP contribution in [0.4, 0.5) is 0 Å². The molecule has 5 nitrogen and oxygen atoms in total. The van der Waals surface area contributed by atoms with Crippen molar-refractivity contribution in [2.75, 3.05) is 13.7 Å². The number of H-pyrrole nitrogens is 1. The van der Waals surface area contributed by atoms with Crippen LogP contribution in [0.1, 0.15) is 40.8 Å². The third-order valence-corrected chi connectivity index (χ3v) is 6.59. The van der Waals surface area contributed by atoms with Gasteiger partial charge in [-0.3, -0.25) is 4.79 Å². The topological polar surface area (TPSA) is 74.4 Å². The second-order valence-corrected chi connectivity index (χ2v) is 9.45. The summed E-state index contributed by atoms with van der Waals surface area (Å²) in [7, 11) is 1.00. The maximum atomic E-state index is 11.1. The Morgan fingerprint density at radius 1 is 0.900 bits per heavy atom. The van der Waals surface area contributed by atoms with Gasteiger partial charge in [-0.25, -0.2) is 0 Å². The van der Waals surface area contributed by atoms with E-state index in [9.17, 15) is 4.79 Å². The first-order valence-corrected chi connectivity index (χ1v) is 13.5. The molecule has 0 radical (unpaired) electrons. The van der Waals surface area contributed by atoms with E-state index in [2.05, 4.69) is 89.3 Å². The zero-order chi connectivity index (χ0) is 28.2. The molecule has 0 aliphatic heterocycles. The number of aromatic nitrogens is 1. The molecular weight excluding hydrogens is 496 g/mol. The van der Waals surface area contributed by atoms with Crippen LogP contribution in [0.25, 0.3) is 17.0 Å². The molecule has 5 heteroatoms. The van der Waals surface area contributed by atoms with E-state index in [0.717, 1.165) is 54.6 Å². The SMILES string of the molecule is CC(=O)/C=C/c1ccc(CNCCc2c[nH]c3ccc(OC(c4ccccc4)c4ccccc4)cc23)cc1.CO. The van der Waals surface area contributed by atoms with Crippen LogP contribution in [-0.2, 0) is 17.8 Å². The van der Waals surface area contributed by atoms with Crippen LogP contribution in [-0.4, -0.2) is 29.5 Å². The summed E-state index contributed by atoms with van der Waals surface area (Å²) in [6.07, 6.45) is 6.26. The Morgan fingerprint density at radius 3 is 2.17 bits per heavy atom. The third-order valence-electron chi connectivity index (χ3n) is 6.59. The number of aliphatic hydroxyl groups excluding tert-OH is 1. The highest BCUT2D eigenvalue weighted by atomic mass is 16.5. The molecule has 3 N–H and O–H groups in total. The van der Waals surface area contributed by atoms with Gasteiger partial charge in [0.25, 0.3) is 0 Å². The van der Waals surface area contributed by atoms with E-state index in [0.29, 0.717) is 0 Å². The summed E-state index contributed by atoms with van der Waals surface area (Å²) < 4.78 is 6.59. The summed E-state index contributed by atoms with van der Waals surface area (Å²) in [6.45, 7) is 3.21. The molecule has 5 aromatic rings. The number of benzene rings is 4. The molecule has 0 aliphatic carbocycles. The second-order valence-electron chi connectivity index (χ2n) is 9.45. The van der Waals surface area contributed by atoms with Crippen LogP contribution in [0.5, 0.6) is 5.75 Å². The summed E-state index contributed by atoms with van der Waals surface area (Å²) >= 11 is 0. The fraction of sp³-hybridized carbons (Fsp3) is 0.171. The van der Waals surface area contributed by atoms with Gasteiger partial charge in [0, 0.05) is 30.8 Å². The van der Waals surface area contributed by atoms with Gasteiger partial charge in [0.2, 0.25) is 0 Å². The molecule has 0 amide bonds. The first-order valence-electron chi connectivity index (χ1n) is 13.5. The first-order chi connectivity index (χ1) is 19.7. The number of carbonyl (C=O) groups excluding carboxylic acids is 1. The van der Waals surface area contributed by atoms with Crippen molar-refractivity contribution in [2.24, 2.45) is 0 Å². The van der Waals surface area contributed by atoms with E-state index in [1.54, 1.807) is 13.0 Å². The van der Waals surface area contributed by atoms with E-state index >= 15 is 0 Å². The Bertz CT molecular complexity index is 1470. The highest BCUT2D eigenvalue weighted by molar-refractivity contribution is 5.91. The Morgan fingerprint density at radius 2 is 1.55 bits per heavy atom. The van der Waals surface area contributed by atoms with Gasteiger partial charge in [0.05, 0.1) is 0 Å². The van der Waals surface area contributed by atoms with Crippen LogP contribution in [0.15, 0.2) is 115 Å². The Hall–Kier alpha value is -4.45. The van der Waals surface area contributed by atoms with Gasteiger partial charge >= 0.3 is 0 Å². The number of fused-ring (bicyclic) bond motifs is 1. The number of hydrogen-bond acceptors (Lipinski definition) is 4. The van der Waals surface area contributed by atoms with Crippen molar-refractivity contribution in [1.29, 1.82) is 0 Å². The quantitative estimate of drug-likeness (QED) is 0.128. The molecule has 4 aromatic carbocycles. The van der Waals surface area contributed by atoms with Crippen molar-refractivity contribution in [1.82, 2.24) is 10.3 Å². The first kappa shape index (κ1) is 28.6. The number of rotatable bonds is 11. The summed E-state index contributed by atoms with van der Waals surface area (Å²) in [5.74, 6) is 0.904. The molecule has 0 aliphatic rings. The predicted octanol–water partition coefficient (Wildman–Crippen LogP) is 6.88. The van der Waals surface area contributed by atoms with Crippen LogP contribution in [0, 0.1) is 0 Å². The van der Waals surface area contributed by atoms with Crippen molar-refractivity contribution in [3.8, 4) is 5.75 Å². The zero-order valence-electron chi connectivity index (χ0n) is 23.0. The largest absolute Gasteiger partial charge is 0.481 e. The highest BCUT2D eigenvalue weighted by Crippen LogP contribution is 2.31. The van der Waals surface area contributed by atoms with Gasteiger partial charge in [0.1, 0.15) is 11.9 Å². The molecule has 204 valence electrons. The van der Waals surface area contributed by atoms with Gasteiger partial charge in [-0.2, -0.15) is 0 Å². The van der Waals surface area contributed by atoms with Gasteiger partial charge in [-0.1, -0.05) is 91.0 Å². The number of nitrogens with one attached hydrogen (secondary N) is 2. The fourth-order valence-corrected chi connectivity index (χ4v) is 4.57. The summed E-state index contributed by atoms with van der Waals surface area (Å²) in [6, 6.07) is 35.2. The van der Waals surface area contributed by atoms with Crippen LogP contribution < -0.4 is 10.1 Å². The van der Waals surface area contributed by atoms with Crippen molar-refractivity contribution < 1.29 is 14.6 Å². The molecule has 0 spiro atoms. The lowest BCUT2D eigenvalue weighted by Crippen LogP contribution is -2.16. The Kier molecular flexibility index (Phi) is 10.4. The minimum atomic E-state index is -0.178. The van der Waals surface area contributed by atoms with Gasteiger partial charge < -0.3 is 20.1 Å². The van der Waals surface area contributed by atoms with Gasteiger partial charge in [-0.05, 0) is 72.0 Å². The molecule has 1 heterocycles. The highest BCUT2D eigenvalue weighted by Gasteiger charge is 2.16. The van der Waals surface area contributed by atoms with Crippen LogP contribution in [0.2, 0.25) is 0 Å². The fourth-order valence-electron chi connectivity index (χ4n) is 4.57. The predicted molar refractivity (Wildman–Crippen MR) is 163 cm³/mol. The number of ether oxygens (including phenoxy) is 1. The van der Waals surface area contributed by atoms with E-state index in [1.165, 1.54) is 16.5 Å². The summed E-state index contributed by atoms with van der Waals surface area (Å²) in [4.78, 5) is 14.5. The lowest BCUT2D eigenvalue weighted by Gasteiger charge is -2.20. The average Bonchev–Trinajstić information content (AvgIpc) is 3.41. The van der Waals surface area contributed by atoms with E-state index in [4.69, 9.17) is 9.84 Å². The normalized spacial score (nSPS) is 11.0. The standard InChI is InChI=1S/C34H32N2O2.CH4O/c1-25(37)12-13-26-14-16-27(17-15-26)23-35-21-20-30-24-36-33-19-18-31(22-32(30)33)38-34(28-8-4-2-5-9-28)29-10-6-3-7-11-29;1-2/h2-19,22,24,34-36H,20-21,23H2,1H3;2H,1H3/b13-12+;. The molecule has 0 atom stereocenters. The van der Waals surface area contributed by atoms with Crippen LogP contribution in [0.3, 0.4) is 0 Å². The van der Waals surface area contributed by atoms with Crippen molar-refractivity contribution >= 4 is 22.8 Å². The number of aromatic amines is 1. The Labute approximate surface area is 236 Å². The minimum Gasteiger partial charge on any atom is -0.481 e. The van der Waals surface area contributed by atoms with E-state index in [-0.39, 0.29) is 11.9 Å². The van der Waals surface area contributed by atoms with Gasteiger partial charge in [-0.15, -0.1) is 0 Å². The molecule has 1 aromatic heterocycles. The lowest BCUT2D eigenvalue weighted by molar-refractivity contribution is -0.112. The molecule has 0 unspecified atom stereocenters. The minimum absolute atomic E-state index is 0.0545. The number of hydrogen-bond donors (Lipinski definition) is 3. The molecule has 0 fully saturated rings. The molecule has 40 heavy (non-hydrogen) atoms. The van der Waals surface area contributed by atoms with E-state index in [1.807, 2.05) is 36.4 Å². The summed E-state index contributed by atoms with van der Waals surface area (Å²) in [5, 5.41) is 11.7.